The van der Waals surface area contributed by atoms with E-state index in [0.717, 1.165) is 15.6 Å². The van der Waals surface area contributed by atoms with Gasteiger partial charge in [0.05, 0.1) is 30.2 Å². The minimum atomic E-state index is -3.82. The summed E-state index contributed by atoms with van der Waals surface area (Å²) in [6, 6.07) is 14.9. The van der Waals surface area contributed by atoms with Crippen molar-refractivity contribution >= 4 is 15.9 Å². The molecule has 0 spiro atoms. The zero-order valence-electron chi connectivity index (χ0n) is 16.1. The van der Waals surface area contributed by atoms with E-state index in [1.165, 1.54) is 31.3 Å². The van der Waals surface area contributed by atoms with Crippen molar-refractivity contribution in [3.63, 3.8) is 0 Å². The lowest BCUT2D eigenvalue weighted by Gasteiger charge is -2.24. The van der Waals surface area contributed by atoms with E-state index in [1.54, 1.807) is 12.0 Å². The number of rotatable bonds is 8. The molecule has 2 rings (SSSR count). The molecule has 0 atom stereocenters. The van der Waals surface area contributed by atoms with E-state index >= 15 is 0 Å². The zero-order chi connectivity index (χ0) is 20.7. The van der Waals surface area contributed by atoms with E-state index < -0.39 is 10.0 Å². The maximum absolute atomic E-state index is 12.7. The van der Waals surface area contributed by atoms with Crippen molar-refractivity contribution in [2.75, 3.05) is 27.2 Å². The molecule has 2 aromatic rings. The Morgan fingerprint density at radius 2 is 1.71 bits per heavy atom. The molecule has 0 radical (unpaired) electrons. The van der Waals surface area contributed by atoms with E-state index in [1.807, 2.05) is 37.3 Å². The average molecular weight is 401 g/mol. The lowest BCUT2D eigenvalue weighted by atomic mass is 10.2. The van der Waals surface area contributed by atoms with E-state index in [4.69, 9.17) is 10.00 Å². The largest absolute Gasteiger partial charge is 0.497 e. The highest BCUT2D eigenvalue weighted by atomic mass is 32.2. The Kier molecular flexibility index (Phi) is 7.15. The number of amides is 1. The second kappa shape index (κ2) is 9.35. The van der Waals surface area contributed by atoms with Gasteiger partial charge in [0.1, 0.15) is 5.75 Å². The number of likely N-dealkylation sites (N-methyl/N-ethyl adjacent to an activating group) is 2. The molecule has 8 heteroatoms. The third-order valence-electron chi connectivity index (χ3n) is 4.32. The second-order valence-corrected chi connectivity index (χ2v) is 8.20. The Morgan fingerprint density at radius 1 is 1.11 bits per heavy atom. The van der Waals surface area contributed by atoms with Crippen LogP contribution < -0.4 is 4.74 Å². The van der Waals surface area contributed by atoms with E-state index in [2.05, 4.69) is 0 Å². The summed E-state index contributed by atoms with van der Waals surface area (Å²) in [5.41, 5.74) is 1.29. The first kappa shape index (κ1) is 21.4. The third kappa shape index (κ3) is 5.09. The van der Waals surface area contributed by atoms with Gasteiger partial charge in [-0.25, -0.2) is 8.42 Å². The minimum Gasteiger partial charge on any atom is -0.497 e. The smallest absolute Gasteiger partial charge is 0.243 e. The van der Waals surface area contributed by atoms with Crippen LogP contribution in [0.3, 0.4) is 0 Å². The van der Waals surface area contributed by atoms with Gasteiger partial charge in [-0.3, -0.25) is 4.79 Å². The molecule has 0 saturated heterocycles. The van der Waals surface area contributed by atoms with Crippen molar-refractivity contribution in [1.29, 1.82) is 5.26 Å². The van der Waals surface area contributed by atoms with Crippen LogP contribution in [0.4, 0.5) is 0 Å². The van der Waals surface area contributed by atoms with Gasteiger partial charge in [-0.15, -0.1) is 0 Å². The molecule has 0 fully saturated rings. The lowest BCUT2D eigenvalue weighted by molar-refractivity contribution is -0.131. The summed E-state index contributed by atoms with van der Waals surface area (Å²) in [5, 5.41) is 8.83. The zero-order valence-corrected chi connectivity index (χ0v) is 16.9. The molecular weight excluding hydrogens is 378 g/mol. The molecule has 148 valence electrons. The van der Waals surface area contributed by atoms with E-state index in [-0.39, 0.29) is 17.3 Å². The summed E-state index contributed by atoms with van der Waals surface area (Å²) < 4.78 is 31.5. The van der Waals surface area contributed by atoms with Gasteiger partial charge in [0.2, 0.25) is 15.9 Å². The number of carbonyl (C=O) groups excluding carboxylic acids is 1. The standard InChI is InChI=1S/C20H23N3O4S/c1-4-23(14-17-5-9-18(27-3)10-6-17)20(24)15-22(2)28(25,26)19-11-7-16(13-21)8-12-19/h5-12H,4,14-15H2,1-3H3. The van der Waals surface area contributed by atoms with Crippen LogP contribution in [-0.2, 0) is 21.4 Å². The van der Waals surface area contributed by atoms with Crippen molar-refractivity contribution in [2.45, 2.75) is 18.4 Å². The number of methoxy groups -OCH3 is 1. The Labute approximate surface area is 165 Å². The van der Waals surface area contributed by atoms with Gasteiger partial charge >= 0.3 is 0 Å². The van der Waals surface area contributed by atoms with Crippen molar-refractivity contribution in [3.05, 3.63) is 59.7 Å². The number of nitrogens with zero attached hydrogens (tertiary/aromatic N) is 3. The Hall–Kier alpha value is -2.89. The van der Waals surface area contributed by atoms with Gasteiger partial charge in [0.25, 0.3) is 0 Å². The lowest BCUT2D eigenvalue weighted by Crippen LogP contribution is -2.40. The molecular formula is C20H23N3O4S. The molecule has 0 aromatic heterocycles. The second-order valence-electron chi connectivity index (χ2n) is 6.15. The summed E-state index contributed by atoms with van der Waals surface area (Å²) in [6.07, 6.45) is 0. The summed E-state index contributed by atoms with van der Waals surface area (Å²) in [4.78, 5) is 14.3. The van der Waals surface area contributed by atoms with Crippen LogP contribution in [0.15, 0.2) is 53.4 Å². The molecule has 0 bridgehead atoms. The third-order valence-corrected chi connectivity index (χ3v) is 6.13. The Morgan fingerprint density at radius 3 is 2.21 bits per heavy atom. The molecule has 0 aliphatic heterocycles. The van der Waals surface area contributed by atoms with Crippen molar-refractivity contribution in [2.24, 2.45) is 0 Å². The number of hydrogen-bond donors (Lipinski definition) is 0. The first-order valence-corrected chi connectivity index (χ1v) is 10.1. The fourth-order valence-corrected chi connectivity index (χ4v) is 3.70. The summed E-state index contributed by atoms with van der Waals surface area (Å²) in [6.45, 7) is 2.41. The first-order chi connectivity index (χ1) is 13.3. The fraction of sp³-hybridized carbons (Fsp3) is 0.300. The van der Waals surface area contributed by atoms with E-state index in [9.17, 15) is 13.2 Å². The molecule has 7 nitrogen and oxygen atoms in total. The molecule has 0 heterocycles. The number of hydrogen-bond acceptors (Lipinski definition) is 5. The highest BCUT2D eigenvalue weighted by molar-refractivity contribution is 7.89. The molecule has 0 aliphatic carbocycles. The van der Waals surface area contributed by atoms with Crippen LogP contribution in [0.5, 0.6) is 5.75 Å². The normalized spacial score (nSPS) is 11.1. The fourth-order valence-electron chi connectivity index (χ4n) is 2.58. The van der Waals surface area contributed by atoms with Crippen molar-refractivity contribution in [3.8, 4) is 11.8 Å². The molecule has 1 amide bonds. The summed E-state index contributed by atoms with van der Waals surface area (Å²) in [7, 11) is -0.871. The maximum atomic E-state index is 12.7. The van der Waals surface area contributed by atoms with Crippen LogP contribution in [0.25, 0.3) is 0 Å². The predicted molar refractivity (Wildman–Crippen MR) is 105 cm³/mol. The molecule has 2 aromatic carbocycles. The first-order valence-electron chi connectivity index (χ1n) is 8.69. The summed E-state index contributed by atoms with van der Waals surface area (Å²) >= 11 is 0. The van der Waals surface area contributed by atoms with Crippen molar-refractivity contribution < 1.29 is 17.9 Å². The van der Waals surface area contributed by atoms with Crippen LogP contribution in [-0.4, -0.2) is 50.8 Å². The number of sulfonamides is 1. The summed E-state index contributed by atoms with van der Waals surface area (Å²) in [5.74, 6) is 0.435. The number of carbonyl (C=O) groups is 1. The minimum absolute atomic E-state index is 0.0417. The van der Waals surface area contributed by atoms with Crippen LogP contribution in [0.2, 0.25) is 0 Å². The Bertz CT molecular complexity index is 948. The van der Waals surface area contributed by atoms with Gasteiger partial charge in [-0.2, -0.15) is 9.57 Å². The molecule has 28 heavy (non-hydrogen) atoms. The molecule has 0 unspecified atom stereocenters. The molecule has 0 N–H and O–H groups in total. The van der Waals surface area contributed by atoms with Crippen LogP contribution in [0.1, 0.15) is 18.1 Å². The monoisotopic (exact) mass is 401 g/mol. The number of nitriles is 1. The Balaban J connectivity index is 2.08. The quantitative estimate of drug-likeness (QED) is 0.677. The van der Waals surface area contributed by atoms with Crippen LogP contribution in [0, 0.1) is 11.3 Å². The van der Waals surface area contributed by atoms with Gasteiger partial charge in [-0.05, 0) is 48.9 Å². The van der Waals surface area contributed by atoms with Gasteiger partial charge < -0.3 is 9.64 Å². The highest BCUT2D eigenvalue weighted by Crippen LogP contribution is 2.16. The van der Waals surface area contributed by atoms with Crippen molar-refractivity contribution in [1.82, 2.24) is 9.21 Å². The van der Waals surface area contributed by atoms with Gasteiger partial charge in [-0.1, -0.05) is 12.1 Å². The topological polar surface area (TPSA) is 90.7 Å². The SMILES string of the molecule is CCN(Cc1ccc(OC)cc1)C(=O)CN(C)S(=O)(=O)c1ccc(C#N)cc1. The predicted octanol–water partition coefficient (Wildman–Crippen LogP) is 2.24. The average Bonchev–Trinajstić information content (AvgIpc) is 2.72. The number of benzene rings is 2. The highest BCUT2D eigenvalue weighted by Gasteiger charge is 2.25. The van der Waals surface area contributed by atoms with E-state index in [0.29, 0.717) is 18.7 Å². The number of ether oxygens (including phenoxy) is 1. The van der Waals surface area contributed by atoms with Gasteiger partial charge in [0.15, 0.2) is 0 Å². The molecule has 0 aliphatic rings. The molecule has 0 saturated carbocycles. The van der Waals surface area contributed by atoms with Gasteiger partial charge in [0, 0.05) is 20.1 Å². The van der Waals surface area contributed by atoms with Crippen LogP contribution >= 0.6 is 0 Å². The maximum Gasteiger partial charge on any atom is 0.243 e.